The summed E-state index contributed by atoms with van der Waals surface area (Å²) in [5.74, 6) is 0. The zero-order chi connectivity index (χ0) is 11.4. The van der Waals surface area contributed by atoms with Crippen LogP contribution < -0.4 is 0 Å². The SMILES string of the molecule is N#CCc1nc(Cl)cc(CBr)c1C(F)F. The average molecular weight is 296 g/mol. The Bertz CT molecular complexity index is 404. The lowest BCUT2D eigenvalue weighted by Crippen LogP contribution is -2.02. The number of alkyl halides is 3. The van der Waals surface area contributed by atoms with Crippen molar-refractivity contribution in [1.29, 1.82) is 5.26 Å². The van der Waals surface area contributed by atoms with Crippen LogP contribution in [0.2, 0.25) is 5.15 Å². The molecule has 1 heterocycles. The van der Waals surface area contributed by atoms with Gasteiger partial charge in [0.1, 0.15) is 5.15 Å². The van der Waals surface area contributed by atoms with Gasteiger partial charge >= 0.3 is 0 Å². The standard InChI is InChI=1S/C9H6BrClF2N2/c10-4-5-3-7(11)15-6(1-2-14)8(5)9(12)13/h3,9H,1,4H2. The number of nitrogens with zero attached hydrogens (tertiary/aromatic N) is 2. The predicted molar refractivity (Wildman–Crippen MR) is 56.2 cm³/mol. The molecule has 0 saturated carbocycles. The molecule has 0 aromatic carbocycles. The molecule has 1 aromatic heterocycles. The minimum absolute atomic E-state index is 0.0504. The monoisotopic (exact) mass is 294 g/mol. The van der Waals surface area contributed by atoms with Crippen molar-refractivity contribution in [2.75, 3.05) is 0 Å². The molecular formula is C9H6BrClF2N2. The second kappa shape index (κ2) is 5.38. The lowest BCUT2D eigenvalue weighted by atomic mass is 10.1. The Morgan fingerprint density at radius 3 is 2.73 bits per heavy atom. The molecular weight excluding hydrogens is 289 g/mol. The Labute approximate surface area is 99.0 Å². The van der Waals surface area contributed by atoms with E-state index in [9.17, 15) is 8.78 Å². The Balaban J connectivity index is 3.34. The number of pyridine rings is 1. The van der Waals surface area contributed by atoms with Crippen LogP contribution in [-0.4, -0.2) is 4.98 Å². The first kappa shape index (κ1) is 12.3. The molecule has 0 bridgehead atoms. The lowest BCUT2D eigenvalue weighted by molar-refractivity contribution is 0.149. The van der Waals surface area contributed by atoms with Gasteiger partial charge in [-0.25, -0.2) is 13.8 Å². The summed E-state index contributed by atoms with van der Waals surface area (Å²) in [6.07, 6.45) is -2.81. The molecule has 15 heavy (non-hydrogen) atoms. The van der Waals surface area contributed by atoms with Gasteiger partial charge in [-0.3, -0.25) is 0 Å². The maximum Gasteiger partial charge on any atom is 0.265 e. The molecule has 80 valence electrons. The molecule has 2 nitrogen and oxygen atoms in total. The molecule has 6 heteroatoms. The van der Waals surface area contributed by atoms with Crippen molar-refractivity contribution in [2.24, 2.45) is 0 Å². The summed E-state index contributed by atoms with van der Waals surface area (Å²) in [7, 11) is 0. The average Bonchev–Trinajstić information content (AvgIpc) is 2.16. The molecule has 0 atom stereocenters. The van der Waals surface area contributed by atoms with Crippen molar-refractivity contribution in [1.82, 2.24) is 4.98 Å². The molecule has 0 aliphatic rings. The topological polar surface area (TPSA) is 36.7 Å². The summed E-state index contributed by atoms with van der Waals surface area (Å²) in [6, 6.07) is 3.16. The highest BCUT2D eigenvalue weighted by molar-refractivity contribution is 9.08. The normalized spacial score (nSPS) is 10.4. The number of rotatable bonds is 3. The molecule has 1 aromatic rings. The van der Waals surface area contributed by atoms with Gasteiger partial charge in [0.2, 0.25) is 0 Å². The van der Waals surface area contributed by atoms with E-state index in [1.807, 2.05) is 0 Å². The fourth-order valence-corrected chi connectivity index (χ4v) is 1.91. The number of hydrogen-bond acceptors (Lipinski definition) is 2. The van der Waals surface area contributed by atoms with Gasteiger partial charge < -0.3 is 0 Å². The molecule has 0 radical (unpaired) electrons. The second-order valence-corrected chi connectivity index (χ2v) is 3.68. The smallest absolute Gasteiger partial charge is 0.240 e. The number of aromatic nitrogens is 1. The van der Waals surface area contributed by atoms with Crippen LogP contribution in [0.1, 0.15) is 23.2 Å². The number of halogens is 4. The van der Waals surface area contributed by atoms with Gasteiger partial charge in [0.15, 0.2) is 0 Å². The molecule has 0 amide bonds. The molecule has 0 N–H and O–H groups in total. The van der Waals surface area contributed by atoms with E-state index in [4.69, 9.17) is 16.9 Å². The molecule has 0 unspecified atom stereocenters. The molecule has 1 rings (SSSR count). The highest BCUT2D eigenvalue weighted by Gasteiger charge is 2.19. The van der Waals surface area contributed by atoms with Crippen LogP contribution in [0, 0.1) is 11.3 Å². The van der Waals surface area contributed by atoms with Crippen LogP contribution in [0.4, 0.5) is 8.78 Å². The van der Waals surface area contributed by atoms with Crippen molar-refractivity contribution >= 4 is 27.5 Å². The fraction of sp³-hybridized carbons (Fsp3) is 0.333. The van der Waals surface area contributed by atoms with E-state index < -0.39 is 6.43 Å². The van der Waals surface area contributed by atoms with Gasteiger partial charge in [-0.05, 0) is 11.6 Å². The summed E-state index contributed by atoms with van der Waals surface area (Å²) in [5, 5.41) is 8.87. The van der Waals surface area contributed by atoms with E-state index >= 15 is 0 Å². The summed E-state index contributed by atoms with van der Waals surface area (Å²) < 4.78 is 25.4. The third-order valence-corrected chi connectivity index (χ3v) is 2.60. The first-order chi connectivity index (χ1) is 7.10. The number of nitriles is 1. The van der Waals surface area contributed by atoms with Gasteiger partial charge in [0.05, 0.1) is 18.2 Å². The van der Waals surface area contributed by atoms with Crippen molar-refractivity contribution in [3.8, 4) is 6.07 Å². The van der Waals surface area contributed by atoms with Crippen molar-refractivity contribution in [2.45, 2.75) is 18.2 Å². The van der Waals surface area contributed by atoms with Gasteiger partial charge in [-0.2, -0.15) is 5.26 Å². The van der Waals surface area contributed by atoms with Crippen molar-refractivity contribution in [3.05, 3.63) is 28.0 Å². The Morgan fingerprint density at radius 2 is 2.27 bits per heavy atom. The highest BCUT2D eigenvalue weighted by Crippen LogP contribution is 2.29. The minimum atomic E-state index is -2.65. The minimum Gasteiger partial charge on any atom is -0.240 e. The van der Waals surface area contributed by atoms with Crippen molar-refractivity contribution in [3.63, 3.8) is 0 Å². The summed E-state index contributed by atoms with van der Waals surface area (Å²) in [5.41, 5.74) is 0.225. The van der Waals surface area contributed by atoms with Crippen LogP contribution in [0.3, 0.4) is 0 Å². The van der Waals surface area contributed by atoms with Gasteiger partial charge in [0, 0.05) is 10.9 Å². The maximum atomic E-state index is 12.7. The van der Waals surface area contributed by atoms with E-state index in [0.29, 0.717) is 5.56 Å². The summed E-state index contributed by atoms with van der Waals surface area (Å²) >= 11 is 8.75. The van der Waals surface area contributed by atoms with E-state index in [1.165, 1.54) is 6.07 Å². The maximum absolute atomic E-state index is 12.7. The van der Waals surface area contributed by atoms with Gasteiger partial charge in [-0.1, -0.05) is 27.5 Å². The molecule has 0 aliphatic carbocycles. The third kappa shape index (κ3) is 2.86. The summed E-state index contributed by atoms with van der Waals surface area (Å²) in [4.78, 5) is 3.73. The molecule has 0 aliphatic heterocycles. The number of hydrogen-bond donors (Lipinski definition) is 0. The molecule has 0 saturated heterocycles. The quantitative estimate of drug-likeness (QED) is 0.630. The van der Waals surface area contributed by atoms with E-state index in [-0.39, 0.29) is 28.2 Å². The lowest BCUT2D eigenvalue weighted by Gasteiger charge is -2.10. The molecule has 0 spiro atoms. The second-order valence-electron chi connectivity index (χ2n) is 2.73. The van der Waals surface area contributed by atoms with Crippen LogP contribution >= 0.6 is 27.5 Å². The largest absolute Gasteiger partial charge is 0.265 e. The van der Waals surface area contributed by atoms with Crippen molar-refractivity contribution < 1.29 is 8.78 Å². The highest BCUT2D eigenvalue weighted by atomic mass is 79.9. The first-order valence-electron chi connectivity index (χ1n) is 3.99. The van der Waals surface area contributed by atoms with Gasteiger partial charge in [0.25, 0.3) is 6.43 Å². The first-order valence-corrected chi connectivity index (χ1v) is 5.49. The zero-order valence-corrected chi connectivity index (χ0v) is 9.82. The van der Waals surface area contributed by atoms with E-state index in [2.05, 4.69) is 20.9 Å². The van der Waals surface area contributed by atoms with Crippen LogP contribution in [0.5, 0.6) is 0 Å². The van der Waals surface area contributed by atoms with E-state index in [0.717, 1.165) is 0 Å². The Kier molecular flexibility index (Phi) is 4.43. The third-order valence-electron chi connectivity index (χ3n) is 1.80. The fourth-order valence-electron chi connectivity index (χ4n) is 1.21. The van der Waals surface area contributed by atoms with E-state index in [1.54, 1.807) is 6.07 Å². The summed E-state index contributed by atoms with van der Waals surface area (Å²) in [6.45, 7) is 0. The zero-order valence-electron chi connectivity index (χ0n) is 7.48. The predicted octanol–water partition coefficient (Wildman–Crippen LogP) is 3.63. The Morgan fingerprint density at radius 1 is 1.60 bits per heavy atom. The van der Waals surface area contributed by atoms with Crippen LogP contribution in [-0.2, 0) is 11.8 Å². The van der Waals surface area contributed by atoms with Crippen LogP contribution in [0.15, 0.2) is 6.07 Å². The molecule has 0 fully saturated rings. The van der Waals surface area contributed by atoms with Gasteiger partial charge in [-0.15, -0.1) is 0 Å². The Hall–Kier alpha value is -0.730. The van der Waals surface area contributed by atoms with Crippen LogP contribution in [0.25, 0.3) is 0 Å².